The zero-order valence-electron chi connectivity index (χ0n) is 15.9. The molecule has 1 heterocycles. The number of halogens is 3. The second-order valence-corrected chi connectivity index (χ2v) is 8.81. The summed E-state index contributed by atoms with van der Waals surface area (Å²) >= 11 is -1.86. The van der Waals surface area contributed by atoms with Gasteiger partial charge >= 0.3 is 16.6 Å². The molecule has 0 bridgehead atoms. The largest absolute Gasteiger partial charge is 0.508 e. The molecule has 0 aromatic heterocycles. The number of hydrogen-bond acceptors (Lipinski definition) is 5. The number of rotatable bonds is 7. The van der Waals surface area contributed by atoms with Crippen LogP contribution < -0.4 is 14.2 Å². The maximum Gasteiger partial charge on any atom is 0.508 e. The summed E-state index contributed by atoms with van der Waals surface area (Å²) in [5.74, 6) is 0.775. The normalized spacial score (nSPS) is 24.0. The number of methoxy groups -OCH3 is 1. The van der Waals surface area contributed by atoms with E-state index in [1.165, 1.54) is 13.2 Å². The fourth-order valence-electron chi connectivity index (χ4n) is 3.21. The van der Waals surface area contributed by atoms with Crippen LogP contribution >= 0.6 is 11.8 Å². The molecule has 3 atom stereocenters. The summed E-state index contributed by atoms with van der Waals surface area (Å²) in [5.41, 5.74) is -4.05. The lowest BCUT2D eigenvalue weighted by Gasteiger charge is -2.34. The van der Waals surface area contributed by atoms with E-state index < -0.39 is 16.6 Å². The van der Waals surface area contributed by atoms with Gasteiger partial charge in [-0.1, -0.05) is 26.7 Å². The Morgan fingerprint density at radius 3 is 2.59 bits per heavy atom. The van der Waals surface area contributed by atoms with Crippen molar-refractivity contribution in [2.45, 2.75) is 68.4 Å². The molecule has 1 aliphatic rings. The van der Waals surface area contributed by atoms with E-state index in [1.54, 1.807) is 17.8 Å². The van der Waals surface area contributed by atoms with Gasteiger partial charge in [0.1, 0.15) is 0 Å². The molecule has 1 aliphatic heterocycles. The summed E-state index contributed by atoms with van der Waals surface area (Å²) in [6.45, 7) is 6.34. The third-order valence-corrected chi connectivity index (χ3v) is 6.90. The van der Waals surface area contributed by atoms with E-state index in [9.17, 15) is 17.4 Å². The van der Waals surface area contributed by atoms with Crippen molar-refractivity contribution in [3.63, 3.8) is 0 Å². The van der Waals surface area contributed by atoms with Gasteiger partial charge in [0.2, 0.25) is 0 Å². The summed E-state index contributed by atoms with van der Waals surface area (Å²) in [6.07, 6.45) is 4.19. The quantitative estimate of drug-likeness (QED) is 0.638. The SMILES string of the molecule is CCCC[C@]1(CC)CSc2cc(OS(=O)C(F)(F)F)c(OC)cc2[C@@H](C)N1. The van der Waals surface area contributed by atoms with E-state index in [2.05, 4.69) is 23.3 Å². The minimum absolute atomic E-state index is 0.00266. The number of benzene rings is 1. The van der Waals surface area contributed by atoms with Crippen molar-refractivity contribution in [1.29, 1.82) is 0 Å². The van der Waals surface area contributed by atoms with Crippen LogP contribution in [0.2, 0.25) is 0 Å². The Morgan fingerprint density at radius 2 is 2.04 bits per heavy atom. The molecule has 0 saturated heterocycles. The van der Waals surface area contributed by atoms with Gasteiger partial charge in [0.25, 0.3) is 0 Å². The fraction of sp³-hybridized carbons (Fsp3) is 0.667. The maximum atomic E-state index is 12.6. The first-order chi connectivity index (χ1) is 12.7. The van der Waals surface area contributed by atoms with Crippen LogP contribution in [-0.2, 0) is 11.1 Å². The highest BCUT2D eigenvalue weighted by molar-refractivity contribution is 7.99. The topological polar surface area (TPSA) is 47.6 Å². The van der Waals surface area contributed by atoms with Crippen molar-refractivity contribution >= 4 is 22.8 Å². The lowest BCUT2D eigenvalue weighted by Crippen LogP contribution is -2.47. The van der Waals surface area contributed by atoms with Gasteiger partial charge in [-0.3, -0.25) is 0 Å². The number of hydrogen-bond donors (Lipinski definition) is 1. The Hall–Kier alpha value is -0.930. The standard InChI is InChI=1S/C18H26F3NO3S2/c1-5-7-8-17(6-2)11-26-16-10-15(25-27(23)18(19,20)21)14(24-4)9-13(16)12(3)22-17/h9-10,12,22H,5-8,11H2,1-4H3/t12-,17-,27?/m1/s1. The van der Waals surface area contributed by atoms with Gasteiger partial charge in [0.15, 0.2) is 11.5 Å². The summed E-state index contributed by atoms with van der Waals surface area (Å²) < 4.78 is 59.1. The Bertz CT molecular complexity index is 685. The zero-order chi connectivity index (χ0) is 20.2. The van der Waals surface area contributed by atoms with Gasteiger partial charge in [0.05, 0.1) is 7.11 Å². The average molecular weight is 426 g/mol. The Labute approximate surface area is 165 Å². The number of alkyl halides is 3. The van der Waals surface area contributed by atoms with Crippen molar-refractivity contribution < 1.29 is 26.3 Å². The molecule has 4 nitrogen and oxygen atoms in total. The molecule has 154 valence electrons. The molecule has 9 heteroatoms. The average Bonchev–Trinajstić information content (AvgIpc) is 2.75. The first kappa shape index (κ1) is 22.4. The highest BCUT2D eigenvalue weighted by Crippen LogP contribution is 2.44. The highest BCUT2D eigenvalue weighted by Gasteiger charge is 2.41. The molecule has 1 N–H and O–H groups in total. The van der Waals surface area contributed by atoms with E-state index in [-0.39, 0.29) is 23.1 Å². The molecule has 0 spiro atoms. The molecule has 0 amide bonds. The van der Waals surface area contributed by atoms with E-state index in [0.29, 0.717) is 0 Å². The van der Waals surface area contributed by atoms with Gasteiger partial charge in [-0.25, -0.2) is 4.21 Å². The van der Waals surface area contributed by atoms with Crippen LogP contribution in [0.1, 0.15) is 58.1 Å². The highest BCUT2D eigenvalue weighted by atomic mass is 32.2. The lowest BCUT2D eigenvalue weighted by molar-refractivity contribution is -0.0438. The summed E-state index contributed by atoms with van der Waals surface area (Å²) in [7, 11) is 1.35. The smallest absolute Gasteiger partial charge is 0.493 e. The van der Waals surface area contributed by atoms with Gasteiger partial charge in [-0.2, -0.15) is 13.2 Å². The minimum Gasteiger partial charge on any atom is -0.493 e. The predicted octanol–water partition coefficient (Wildman–Crippen LogP) is 5.35. The Morgan fingerprint density at radius 1 is 1.33 bits per heavy atom. The number of fused-ring (bicyclic) bond motifs is 1. The lowest BCUT2D eigenvalue weighted by atomic mass is 9.90. The molecular weight excluding hydrogens is 399 g/mol. The van der Waals surface area contributed by atoms with Crippen LogP contribution in [-0.4, -0.2) is 28.1 Å². The number of ether oxygens (including phenoxy) is 1. The van der Waals surface area contributed by atoms with Crippen LogP contribution in [0, 0.1) is 0 Å². The number of unbranched alkanes of at least 4 members (excludes halogenated alkanes) is 1. The van der Waals surface area contributed by atoms with Crippen molar-refractivity contribution in [1.82, 2.24) is 5.32 Å². The summed E-state index contributed by atoms with van der Waals surface area (Å²) in [4.78, 5) is 0.816. The zero-order valence-corrected chi connectivity index (χ0v) is 17.6. The van der Waals surface area contributed by atoms with Crippen LogP contribution in [0.4, 0.5) is 13.2 Å². The van der Waals surface area contributed by atoms with Crippen LogP contribution in [0.3, 0.4) is 0 Å². The second-order valence-electron chi connectivity index (χ2n) is 6.70. The molecular formula is C18H26F3NO3S2. The van der Waals surface area contributed by atoms with Crippen molar-refractivity contribution in [3.8, 4) is 11.5 Å². The first-order valence-electron chi connectivity index (χ1n) is 8.95. The number of thioether (sulfide) groups is 1. The third-order valence-electron chi connectivity index (χ3n) is 4.83. The molecule has 0 saturated carbocycles. The maximum absolute atomic E-state index is 12.6. The van der Waals surface area contributed by atoms with Crippen molar-refractivity contribution in [2.75, 3.05) is 12.9 Å². The summed E-state index contributed by atoms with van der Waals surface area (Å²) in [6, 6.07) is 3.18. The van der Waals surface area contributed by atoms with Crippen LogP contribution in [0.25, 0.3) is 0 Å². The molecule has 1 aromatic carbocycles. The monoisotopic (exact) mass is 425 g/mol. The molecule has 0 radical (unpaired) electrons. The minimum atomic E-state index is -4.95. The molecule has 2 rings (SSSR count). The molecule has 0 aliphatic carbocycles. The second kappa shape index (κ2) is 9.05. The van der Waals surface area contributed by atoms with Crippen molar-refractivity contribution in [3.05, 3.63) is 17.7 Å². The predicted molar refractivity (Wildman–Crippen MR) is 103 cm³/mol. The van der Waals surface area contributed by atoms with Crippen LogP contribution in [0.15, 0.2) is 17.0 Å². The Balaban J connectivity index is 2.36. The molecule has 1 aromatic rings. The van der Waals surface area contributed by atoms with Gasteiger partial charge in [-0.15, -0.1) is 11.8 Å². The molecule has 27 heavy (non-hydrogen) atoms. The van der Waals surface area contributed by atoms with E-state index in [4.69, 9.17) is 4.74 Å². The summed E-state index contributed by atoms with van der Waals surface area (Å²) in [5, 5.41) is 3.71. The number of nitrogens with one attached hydrogen (secondary N) is 1. The van der Waals surface area contributed by atoms with Gasteiger partial charge in [0, 0.05) is 22.2 Å². The Kier molecular flexibility index (Phi) is 7.49. The third kappa shape index (κ3) is 5.32. The van der Waals surface area contributed by atoms with E-state index >= 15 is 0 Å². The molecule has 1 unspecified atom stereocenters. The molecule has 0 fully saturated rings. The van der Waals surface area contributed by atoms with E-state index in [1.807, 2.05) is 6.92 Å². The first-order valence-corrected chi connectivity index (χ1v) is 11.0. The van der Waals surface area contributed by atoms with Crippen LogP contribution in [0.5, 0.6) is 11.5 Å². The van der Waals surface area contributed by atoms with Gasteiger partial charge < -0.3 is 14.2 Å². The fourth-order valence-corrected chi connectivity index (χ4v) is 5.05. The van der Waals surface area contributed by atoms with Crippen molar-refractivity contribution in [2.24, 2.45) is 0 Å². The van der Waals surface area contributed by atoms with E-state index in [0.717, 1.165) is 41.9 Å². The van der Waals surface area contributed by atoms with Gasteiger partial charge in [-0.05, 0) is 37.5 Å².